The van der Waals surface area contributed by atoms with Crippen LogP contribution >= 0.6 is 0 Å². The molecule has 0 spiro atoms. The first-order valence-electron chi connectivity index (χ1n) is 4.55. The predicted octanol–water partition coefficient (Wildman–Crippen LogP) is 0.301. The van der Waals surface area contributed by atoms with Gasteiger partial charge in [0.05, 0.1) is 6.17 Å². The standard InChI is InChI=1S/C8H18N4/c1-7(11-8(9)10)12-5-3-2-4-6-12/h7H,2-6H2,1H3,(H4,9,10,11). The topological polar surface area (TPSA) is 65.1 Å². The average Bonchev–Trinajstić information content (AvgIpc) is 2.05. The van der Waals surface area contributed by atoms with Crippen LogP contribution in [0.5, 0.6) is 0 Å². The summed E-state index contributed by atoms with van der Waals surface area (Å²) in [5.41, 5.74) is 5.25. The van der Waals surface area contributed by atoms with Crippen molar-refractivity contribution in [3.05, 3.63) is 0 Å². The zero-order valence-corrected chi connectivity index (χ0v) is 7.64. The van der Waals surface area contributed by atoms with E-state index in [1.807, 2.05) is 6.92 Å². The van der Waals surface area contributed by atoms with Gasteiger partial charge in [-0.05, 0) is 19.8 Å². The molecule has 70 valence electrons. The van der Waals surface area contributed by atoms with Crippen molar-refractivity contribution < 1.29 is 0 Å². The minimum atomic E-state index is 0.0630. The van der Waals surface area contributed by atoms with Gasteiger partial charge in [-0.25, -0.2) is 0 Å². The molecule has 0 aliphatic carbocycles. The molecule has 4 N–H and O–H groups in total. The van der Waals surface area contributed by atoms with Crippen molar-refractivity contribution in [2.45, 2.75) is 32.4 Å². The van der Waals surface area contributed by atoms with Gasteiger partial charge in [-0.15, -0.1) is 0 Å². The van der Waals surface area contributed by atoms with E-state index in [0.717, 1.165) is 13.1 Å². The van der Waals surface area contributed by atoms with Gasteiger partial charge in [0.15, 0.2) is 5.96 Å². The number of hydrogen-bond acceptors (Lipinski definition) is 2. The lowest BCUT2D eigenvalue weighted by molar-refractivity contribution is 0.163. The lowest BCUT2D eigenvalue weighted by Gasteiger charge is -2.32. The third kappa shape index (κ3) is 2.70. The number of nitrogens with zero attached hydrogens (tertiary/aromatic N) is 1. The van der Waals surface area contributed by atoms with E-state index < -0.39 is 0 Å². The molecular formula is C8H18N4. The van der Waals surface area contributed by atoms with Gasteiger partial charge in [0.25, 0.3) is 0 Å². The summed E-state index contributed by atoms with van der Waals surface area (Å²) in [5.74, 6) is 0.0630. The molecule has 0 bridgehead atoms. The summed E-state index contributed by atoms with van der Waals surface area (Å²) < 4.78 is 0. The number of nitrogens with two attached hydrogens (primary N) is 1. The fraction of sp³-hybridized carbons (Fsp3) is 0.875. The minimum Gasteiger partial charge on any atom is -0.370 e. The number of likely N-dealkylation sites (tertiary alicyclic amines) is 1. The molecule has 12 heavy (non-hydrogen) atoms. The Balaban J connectivity index is 2.29. The van der Waals surface area contributed by atoms with Crippen LogP contribution in [0.3, 0.4) is 0 Å². The van der Waals surface area contributed by atoms with E-state index in [4.69, 9.17) is 11.1 Å². The molecule has 1 atom stereocenters. The fourth-order valence-corrected chi connectivity index (χ4v) is 1.62. The van der Waals surface area contributed by atoms with Crippen LogP contribution in [0.2, 0.25) is 0 Å². The fourth-order valence-electron chi connectivity index (χ4n) is 1.62. The summed E-state index contributed by atoms with van der Waals surface area (Å²) in [7, 11) is 0. The Kier molecular flexibility index (Phi) is 3.34. The first-order chi connectivity index (χ1) is 5.70. The summed E-state index contributed by atoms with van der Waals surface area (Å²) in [6.45, 7) is 4.30. The lowest BCUT2D eigenvalue weighted by Crippen LogP contribution is -2.50. The van der Waals surface area contributed by atoms with Crippen LogP contribution in [0.25, 0.3) is 0 Å². The Labute approximate surface area is 73.6 Å². The van der Waals surface area contributed by atoms with Gasteiger partial charge in [-0.1, -0.05) is 6.42 Å². The van der Waals surface area contributed by atoms with E-state index in [1.165, 1.54) is 19.3 Å². The monoisotopic (exact) mass is 170 g/mol. The largest absolute Gasteiger partial charge is 0.370 e. The van der Waals surface area contributed by atoms with E-state index in [9.17, 15) is 0 Å². The zero-order chi connectivity index (χ0) is 8.97. The lowest BCUT2D eigenvalue weighted by atomic mass is 10.1. The second-order valence-corrected chi connectivity index (χ2v) is 3.33. The molecular weight excluding hydrogens is 152 g/mol. The van der Waals surface area contributed by atoms with Crippen LogP contribution in [0.15, 0.2) is 0 Å². The Morgan fingerprint density at radius 1 is 1.42 bits per heavy atom. The molecule has 1 aliphatic heterocycles. The van der Waals surface area contributed by atoms with Gasteiger partial charge < -0.3 is 11.1 Å². The first-order valence-corrected chi connectivity index (χ1v) is 4.55. The highest BCUT2D eigenvalue weighted by molar-refractivity contribution is 5.74. The second kappa shape index (κ2) is 4.30. The Hall–Kier alpha value is -0.770. The Morgan fingerprint density at radius 2 is 2.00 bits per heavy atom. The maximum atomic E-state index is 7.08. The molecule has 1 unspecified atom stereocenters. The van der Waals surface area contributed by atoms with Gasteiger partial charge in [-0.2, -0.15) is 0 Å². The summed E-state index contributed by atoms with van der Waals surface area (Å²) in [4.78, 5) is 2.32. The SMILES string of the molecule is CC(NC(=N)N)N1CCCCC1. The van der Waals surface area contributed by atoms with Gasteiger partial charge >= 0.3 is 0 Å². The van der Waals surface area contributed by atoms with Crippen LogP contribution < -0.4 is 11.1 Å². The predicted molar refractivity (Wildman–Crippen MR) is 49.9 cm³/mol. The molecule has 1 fully saturated rings. The second-order valence-electron chi connectivity index (χ2n) is 3.33. The molecule has 1 aliphatic rings. The number of hydrogen-bond donors (Lipinski definition) is 3. The number of piperidine rings is 1. The third-order valence-electron chi connectivity index (χ3n) is 2.30. The Morgan fingerprint density at radius 3 is 2.50 bits per heavy atom. The molecule has 0 aromatic rings. The average molecular weight is 170 g/mol. The van der Waals surface area contributed by atoms with Crippen molar-refractivity contribution >= 4 is 5.96 Å². The van der Waals surface area contributed by atoms with E-state index in [-0.39, 0.29) is 12.1 Å². The van der Waals surface area contributed by atoms with Gasteiger partial charge in [0.1, 0.15) is 0 Å². The summed E-state index contributed by atoms with van der Waals surface area (Å²) in [6, 6.07) is 0. The molecule has 4 nitrogen and oxygen atoms in total. The molecule has 1 rings (SSSR count). The van der Waals surface area contributed by atoms with Crippen LogP contribution in [-0.2, 0) is 0 Å². The zero-order valence-electron chi connectivity index (χ0n) is 7.64. The molecule has 0 saturated carbocycles. The molecule has 0 aromatic carbocycles. The number of guanidine groups is 1. The van der Waals surface area contributed by atoms with Gasteiger partial charge in [-0.3, -0.25) is 10.3 Å². The smallest absolute Gasteiger partial charge is 0.186 e. The summed E-state index contributed by atoms with van der Waals surface area (Å²) >= 11 is 0. The third-order valence-corrected chi connectivity index (χ3v) is 2.30. The van der Waals surface area contributed by atoms with Crippen molar-refractivity contribution in [2.75, 3.05) is 13.1 Å². The van der Waals surface area contributed by atoms with Crippen LogP contribution in [0.4, 0.5) is 0 Å². The van der Waals surface area contributed by atoms with E-state index in [2.05, 4.69) is 10.2 Å². The van der Waals surface area contributed by atoms with Crippen molar-refractivity contribution in [3.63, 3.8) is 0 Å². The maximum Gasteiger partial charge on any atom is 0.186 e. The van der Waals surface area contributed by atoms with Crippen LogP contribution in [0, 0.1) is 5.41 Å². The van der Waals surface area contributed by atoms with E-state index in [1.54, 1.807) is 0 Å². The number of nitrogens with one attached hydrogen (secondary N) is 2. The van der Waals surface area contributed by atoms with E-state index in [0.29, 0.717) is 0 Å². The molecule has 0 aromatic heterocycles. The Bertz CT molecular complexity index is 151. The normalized spacial score (nSPS) is 21.8. The van der Waals surface area contributed by atoms with Crippen molar-refractivity contribution in [1.82, 2.24) is 10.2 Å². The molecule has 4 heteroatoms. The summed E-state index contributed by atoms with van der Waals surface area (Å²) in [5, 5.41) is 9.98. The first kappa shape index (κ1) is 9.32. The van der Waals surface area contributed by atoms with Crippen molar-refractivity contribution in [3.8, 4) is 0 Å². The molecule has 0 amide bonds. The van der Waals surface area contributed by atoms with Crippen LogP contribution in [0.1, 0.15) is 26.2 Å². The highest BCUT2D eigenvalue weighted by Crippen LogP contribution is 2.10. The maximum absolute atomic E-state index is 7.08. The van der Waals surface area contributed by atoms with Crippen LogP contribution in [-0.4, -0.2) is 30.1 Å². The molecule has 1 saturated heterocycles. The van der Waals surface area contributed by atoms with E-state index >= 15 is 0 Å². The molecule has 0 radical (unpaired) electrons. The number of rotatable bonds is 2. The minimum absolute atomic E-state index is 0.0630. The quantitative estimate of drug-likeness (QED) is 0.412. The summed E-state index contributed by atoms with van der Waals surface area (Å²) in [6.07, 6.45) is 4.08. The van der Waals surface area contributed by atoms with Crippen molar-refractivity contribution in [1.29, 1.82) is 5.41 Å². The van der Waals surface area contributed by atoms with Gasteiger partial charge in [0.2, 0.25) is 0 Å². The highest BCUT2D eigenvalue weighted by Gasteiger charge is 2.15. The molecule has 1 heterocycles. The highest BCUT2D eigenvalue weighted by atomic mass is 15.3. The van der Waals surface area contributed by atoms with Gasteiger partial charge in [0, 0.05) is 13.1 Å². The van der Waals surface area contributed by atoms with Crippen molar-refractivity contribution in [2.24, 2.45) is 5.73 Å².